The average molecular weight is 161 g/mol. The van der Waals surface area contributed by atoms with Crippen LogP contribution in [0.25, 0.3) is 0 Å². The molecule has 0 amide bonds. The minimum Gasteiger partial charge on any atom is -0.377 e. The molecule has 0 saturated heterocycles. The van der Waals surface area contributed by atoms with Gasteiger partial charge in [-0.15, -0.1) is 0 Å². The van der Waals surface area contributed by atoms with Gasteiger partial charge in [-0.3, -0.25) is 0 Å². The second-order valence-corrected chi connectivity index (χ2v) is 1.10. The van der Waals surface area contributed by atoms with Crippen LogP contribution in [0, 0.1) is 15.3 Å². The van der Waals surface area contributed by atoms with Crippen LogP contribution in [-0.4, -0.2) is 10.2 Å². The molecule has 0 aliphatic heterocycles. The van der Waals surface area contributed by atoms with Crippen molar-refractivity contribution in [2.24, 2.45) is 11.5 Å². The first-order valence-electron chi connectivity index (χ1n) is 1.33. The van der Waals surface area contributed by atoms with Crippen LogP contribution in [0.3, 0.4) is 0 Å². The molecule has 0 fully saturated rings. The van der Waals surface area contributed by atoms with E-state index in [-0.39, 0.29) is 34.7 Å². The smallest absolute Gasteiger partial charge is 0.377 e. The van der Waals surface area contributed by atoms with E-state index in [1.54, 1.807) is 0 Å². The van der Waals surface area contributed by atoms with Crippen molar-refractivity contribution in [1.82, 2.24) is 0 Å². The van der Waals surface area contributed by atoms with Crippen LogP contribution < -0.4 is 41.0 Å². The van der Waals surface area contributed by atoms with E-state index in [4.69, 9.17) is 15.3 Å². The standard InChI is InChI=1S/CH4N2S.NO3.Na/c2*2-1(3)4;/h(H4,2,3,4);;/q;-1;+1. The molecular formula is CH4N3NaO3S. The Labute approximate surface area is 78.6 Å². The average Bonchev–Trinajstić information content (AvgIpc) is 1.25. The Morgan fingerprint density at radius 2 is 1.44 bits per heavy atom. The van der Waals surface area contributed by atoms with Gasteiger partial charge in [0.05, 0.1) is 5.09 Å². The Hall–Kier alpha value is -0.110. The molecule has 0 aliphatic rings. The molecule has 0 atom stereocenters. The van der Waals surface area contributed by atoms with Gasteiger partial charge in [0, 0.05) is 0 Å². The largest absolute Gasteiger partial charge is 1.00 e. The van der Waals surface area contributed by atoms with Gasteiger partial charge in [-0.1, -0.05) is 0 Å². The fraction of sp³-hybridized carbons (Fsp3) is 0. The van der Waals surface area contributed by atoms with Gasteiger partial charge < -0.3 is 26.8 Å². The molecule has 8 heteroatoms. The van der Waals surface area contributed by atoms with E-state index < -0.39 is 5.09 Å². The molecule has 0 aromatic heterocycles. The van der Waals surface area contributed by atoms with Gasteiger partial charge in [0.15, 0.2) is 5.11 Å². The Balaban J connectivity index is -0.0000000720. The fourth-order valence-corrected chi connectivity index (χ4v) is 0. The summed E-state index contributed by atoms with van der Waals surface area (Å²) in [6.07, 6.45) is 0. The first-order chi connectivity index (χ1) is 3.46. The van der Waals surface area contributed by atoms with Crippen molar-refractivity contribution in [2.75, 3.05) is 0 Å². The number of hydrogen-bond donors (Lipinski definition) is 2. The third-order valence-electron chi connectivity index (χ3n) is 0. The monoisotopic (exact) mass is 161 g/mol. The van der Waals surface area contributed by atoms with E-state index >= 15 is 0 Å². The molecule has 0 radical (unpaired) electrons. The van der Waals surface area contributed by atoms with Gasteiger partial charge in [-0.25, -0.2) is 0 Å². The van der Waals surface area contributed by atoms with Crippen molar-refractivity contribution in [3.8, 4) is 0 Å². The zero-order valence-corrected chi connectivity index (χ0v) is 7.55. The SMILES string of the molecule is NC(N)=S.O=[N+]([O-])[O-].[Na+]. The molecule has 48 valence electrons. The maximum absolute atomic E-state index is 8.25. The van der Waals surface area contributed by atoms with E-state index in [0.29, 0.717) is 0 Å². The molecule has 6 nitrogen and oxygen atoms in total. The quantitative estimate of drug-likeness (QED) is 0.161. The van der Waals surface area contributed by atoms with E-state index in [0.717, 1.165) is 0 Å². The molecule has 0 aromatic rings. The van der Waals surface area contributed by atoms with Crippen molar-refractivity contribution in [3.63, 3.8) is 0 Å². The van der Waals surface area contributed by atoms with Crippen molar-refractivity contribution in [2.45, 2.75) is 0 Å². The van der Waals surface area contributed by atoms with Crippen LogP contribution in [0.15, 0.2) is 0 Å². The molecule has 0 heterocycles. The summed E-state index contributed by atoms with van der Waals surface area (Å²) in [6, 6.07) is 0. The van der Waals surface area contributed by atoms with Crippen molar-refractivity contribution >= 4 is 17.3 Å². The third kappa shape index (κ3) is 22600. The van der Waals surface area contributed by atoms with E-state index in [1.807, 2.05) is 0 Å². The van der Waals surface area contributed by atoms with Gasteiger partial charge in [-0.05, 0) is 12.2 Å². The van der Waals surface area contributed by atoms with E-state index in [2.05, 4.69) is 23.7 Å². The minimum atomic E-state index is -1.75. The fourth-order valence-electron chi connectivity index (χ4n) is 0. The second kappa shape index (κ2) is 10.8. The summed E-state index contributed by atoms with van der Waals surface area (Å²) in [4.78, 5) is 8.25. The van der Waals surface area contributed by atoms with Crippen molar-refractivity contribution < 1.29 is 34.6 Å². The maximum atomic E-state index is 8.25. The van der Waals surface area contributed by atoms with Gasteiger partial charge >= 0.3 is 29.6 Å². The number of thiocarbonyl (C=S) groups is 1. The molecule has 0 saturated carbocycles. The molecule has 0 unspecified atom stereocenters. The molecule has 0 rings (SSSR count). The Morgan fingerprint density at radius 3 is 1.44 bits per heavy atom. The summed E-state index contributed by atoms with van der Waals surface area (Å²) in [5.74, 6) is 0. The zero-order valence-electron chi connectivity index (χ0n) is 4.73. The summed E-state index contributed by atoms with van der Waals surface area (Å²) >= 11 is 4.09. The maximum Gasteiger partial charge on any atom is 1.00 e. The summed E-state index contributed by atoms with van der Waals surface area (Å²) in [5.41, 5.74) is 9.24. The summed E-state index contributed by atoms with van der Waals surface area (Å²) in [5, 5.41) is 14.8. The molecular weight excluding hydrogens is 157 g/mol. The van der Waals surface area contributed by atoms with E-state index in [9.17, 15) is 0 Å². The predicted octanol–water partition coefficient (Wildman–Crippen LogP) is -4.05. The molecule has 4 N–H and O–H groups in total. The third-order valence-corrected chi connectivity index (χ3v) is 0. The Morgan fingerprint density at radius 1 is 1.44 bits per heavy atom. The summed E-state index contributed by atoms with van der Waals surface area (Å²) in [7, 11) is 0. The normalized spacial score (nSPS) is 5.33. The van der Waals surface area contributed by atoms with Crippen LogP contribution in [0.5, 0.6) is 0 Å². The Kier molecular flexibility index (Phi) is 19.1. The molecule has 9 heavy (non-hydrogen) atoms. The predicted molar refractivity (Wildman–Crippen MR) is 31.3 cm³/mol. The van der Waals surface area contributed by atoms with E-state index in [1.165, 1.54) is 0 Å². The van der Waals surface area contributed by atoms with Gasteiger partial charge in [0.25, 0.3) is 0 Å². The van der Waals surface area contributed by atoms with Crippen LogP contribution in [0.2, 0.25) is 0 Å². The van der Waals surface area contributed by atoms with Crippen molar-refractivity contribution in [3.05, 3.63) is 15.3 Å². The molecule has 0 aromatic carbocycles. The van der Waals surface area contributed by atoms with Crippen molar-refractivity contribution in [1.29, 1.82) is 0 Å². The first kappa shape index (κ1) is 16.0. The molecule has 0 aliphatic carbocycles. The molecule has 0 bridgehead atoms. The second-order valence-electron chi connectivity index (χ2n) is 0.626. The number of nitrogens with two attached hydrogens (primary N) is 2. The van der Waals surface area contributed by atoms with Crippen LogP contribution in [0.1, 0.15) is 0 Å². The number of nitrogens with zero attached hydrogens (tertiary/aromatic N) is 1. The number of hydrogen-bond acceptors (Lipinski definition) is 4. The number of rotatable bonds is 0. The molecule has 0 spiro atoms. The Bertz CT molecular complexity index is 77.1. The zero-order chi connectivity index (χ0) is 7.15. The topological polar surface area (TPSA) is 118 Å². The van der Waals surface area contributed by atoms with Gasteiger partial charge in [-0.2, -0.15) is 0 Å². The summed E-state index contributed by atoms with van der Waals surface area (Å²) < 4.78 is 0. The summed E-state index contributed by atoms with van der Waals surface area (Å²) in [6.45, 7) is 0. The van der Waals surface area contributed by atoms with Gasteiger partial charge in [0.2, 0.25) is 0 Å². The first-order valence-corrected chi connectivity index (χ1v) is 1.74. The minimum absolute atomic E-state index is 0. The van der Waals surface area contributed by atoms with Gasteiger partial charge in [0.1, 0.15) is 0 Å². The van der Waals surface area contributed by atoms with Crippen LogP contribution in [0.4, 0.5) is 0 Å². The van der Waals surface area contributed by atoms with Crippen LogP contribution >= 0.6 is 12.2 Å². The van der Waals surface area contributed by atoms with Crippen LogP contribution in [-0.2, 0) is 0 Å².